The van der Waals surface area contributed by atoms with Crippen LogP contribution in [0.5, 0.6) is 11.5 Å². The van der Waals surface area contributed by atoms with E-state index < -0.39 is 35.5 Å². The number of hydrogen-bond donors (Lipinski definition) is 2. The minimum absolute atomic E-state index is 0.0728. The van der Waals surface area contributed by atoms with Gasteiger partial charge in [0.2, 0.25) is 0 Å². The number of nitrogens with zero attached hydrogens (tertiary/aromatic N) is 1. The number of ether oxygens (including phenoxy) is 1. The lowest BCUT2D eigenvalue weighted by atomic mass is 9.59. The van der Waals surface area contributed by atoms with E-state index in [9.17, 15) is 29.5 Å². The Morgan fingerprint density at radius 1 is 1.09 bits per heavy atom. The van der Waals surface area contributed by atoms with Crippen molar-refractivity contribution in [3.8, 4) is 11.5 Å². The summed E-state index contributed by atoms with van der Waals surface area (Å²) in [6.45, 7) is 1.58. The van der Waals surface area contributed by atoms with Crippen molar-refractivity contribution in [3.05, 3.63) is 58.2 Å². The maximum Gasteiger partial charge on any atom is 0.257 e. The number of phenols is 1. The Morgan fingerprint density at radius 3 is 2.56 bits per heavy atom. The SMILES string of the molecule is COc1ccc(O)c([C@H]2C3=CC[C@@H]4C(=O)N(O)C(=O)[C@@H]4[C@@H]3CC3=C2C(=O)C(C)=CC3=O)c1. The van der Waals surface area contributed by atoms with Gasteiger partial charge in [0, 0.05) is 28.2 Å². The first-order chi connectivity index (χ1) is 15.2. The molecule has 1 aromatic carbocycles. The van der Waals surface area contributed by atoms with E-state index in [2.05, 4.69) is 0 Å². The zero-order valence-electron chi connectivity index (χ0n) is 17.5. The Labute approximate surface area is 183 Å². The minimum atomic E-state index is -0.827. The smallest absolute Gasteiger partial charge is 0.257 e. The van der Waals surface area contributed by atoms with Crippen LogP contribution in [0.15, 0.2) is 52.6 Å². The number of allylic oxidation sites excluding steroid dienone is 6. The van der Waals surface area contributed by atoms with Crippen LogP contribution in [-0.2, 0) is 19.2 Å². The van der Waals surface area contributed by atoms with E-state index in [0.717, 1.165) is 0 Å². The summed E-state index contributed by atoms with van der Waals surface area (Å²) in [6, 6.07) is 4.66. The number of Topliss-reactive ketones (excluding diaryl/α,β-unsaturated/α-hetero) is 1. The number of carbonyl (C=O) groups excluding carboxylic acids is 4. The fraction of sp³-hybridized carbons (Fsp3) is 0.333. The second kappa shape index (κ2) is 7.00. The molecule has 1 aromatic rings. The van der Waals surface area contributed by atoms with Gasteiger partial charge in [0.05, 0.1) is 18.9 Å². The molecular weight excluding hydrogens is 414 g/mol. The standard InChI is InChI=1S/C24H21NO7/c1-10-7-18(27)16-9-14-12(4-5-13-20(14)24(30)25(31)23(13)29)19(21(16)22(10)28)15-8-11(32-2)3-6-17(15)26/h3-4,6-8,13-14,19-20,26,31H,5,9H2,1-2H3/t13-,14+,19+,20-/m0/s1. The van der Waals surface area contributed by atoms with Crippen molar-refractivity contribution >= 4 is 23.4 Å². The third kappa shape index (κ3) is 2.65. The molecule has 1 heterocycles. The van der Waals surface area contributed by atoms with Crippen LogP contribution >= 0.6 is 0 Å². The molecule has 4 aliphatic rings. The summed E-state index contributed by atoms with van der Waals surface area (Å²) in [7, 11) is 1.48. The second-order valence-corrected chi connectivity index (χ2v) is 8.64. The zero-order valence-corrected chi connectivity index (χ0v) is 17.5. The average Bonchev–Trinajstić information content (AvgIpc) is 3.01. The molecule has 3 aliphatic carbocycles. The number of benzene rings is 1. The lowest BCUT2D eigenvalue weighted by Crippen LogP contribution is -2.39. The molecule has 0 saturated carbocycles. The van der Waals surface area contributed by atoms with Gasteiger partial charge in [-0.25, -0.2) is 0 Å². The molecule has 0 radical (unpaired) electrons. The van der Waals surface area contributed by atoms with E-state index in [1.54, 1.807) is 19.1 Å². The summed E-state index contributed by atoms with van der Waals surface area (Å²) in [5.41, 5.74) is 1.97. The van der Waals surface area contributed by atoms with Gasteiger partial charge in [-0.15, -0.1) is 0 Å². The predicted molar refractivity (Wildman–Crippen MR) is 110 cm³/mol. The first-order valence-corrected chi connectivity index (χ1v) is 10.4. The molecule has 32 heavy (non-hydrogen) atoms. The molecule has 1 aliphatic heterocycles. The van der Waals surface area contributed by atoms with E-state index in [0.29, 0.717) is 22.5 Å². The minimum Gasteiger partial charge on any atom is -0.508 e. The van der Waals surface area contributed by atoms with Gasteiger partial charge < -0.3 is 9.84 Å². The van der Waals surface area contributed by atoms with Crippen LogP contribution in [-0.4, -0.2) is 45.9 Å². The summed E-state index contributed by atoms with van der Waals surface area (Å²) < 4.78 is 5.31. The fourth-order valence-electron chi connectivity index (χ4n) is 5.59. The summed E-state index contributed by atoms with van der Waals surface area (Å²) in [5, 5.41) is 20.8. The van der Waals surface area contributed by atoms with Crippen molar-refractivity contribution < 1.29 is 34.2 Å². The van der Waals surface area contributed by atoms with Crippen LogP contribution in [0.3, 0.4) is 0 Å². The van der Waals surface area contributed by atoms with Crippen molar-refractivity contribution in [2.75, 3.05) is 7.11 Å². The molecule has 0 bridgehead atoms. The van der Waals surface area contributed by atoms with Gasteiger partial charge in [-0.2, -0.15) is 5.06 Å². The summed E-state index contributed by atoms with van der Waals surface area (Å²) >= 11 is 0. The van der Waals surface area contributed by atoms with Crippen molar-refractivity contribution in [1.82, 2.24) is 5.06 Å². The number of aromatic hydroxyl groups is 1. The average molecular weight is 435 g/mol. The molecule has 0 unspecified atom stereocenters. The number of rotatable bonds is 2. The maximum absolute atomic E-state index is 13.2. The molecule has 0 spiro atoms. The largest absolute Gasteiger partial charge is 0.508 e. The molecule has 2 N–H and O–H groups in total. The number of amides is 2. The van der Waals surface area contributed by atoms with E-state index in [-0.39, 0.29) is 46.4 Å². The molecule has 0 aromatic heterocycles. The highest BCUT2D eigenvalue weighted by Gasteiger charge is 2.56. The quantitative estimate of drug-likeness (QED) is 0.316. The van der Waals surface area contributed by atoms with E-state index >= 15 is 0 Å². The van der Waals surface area contributed by atoms with Crippen LogP contribution in [0, 0.1) is 17.8 Å². The monoisotopic (exact) mass is 435 g/mol. The molecule has 4 atom stereocenters. The molecule has 1 fully saturated rings. The summed E-state index contributed by atoms with van der Waals surface area (Å²) in [5.74, 6) is -4.43. The van der Waals surface area contributed by atoms with Crippen LogP contribution in [0.4, 0.5) is 0 Å². The predicted octanol–water partition coefficient (Wildman–Crippen LogP) is 2.22. The van der Waals surface area contributed by atoms with E-state index in [4.69, 9.17) is 4.74 Å². The fourth-order valence-corrected chi connectivity index (χ4v) is 5.59. The van der Waals surface area contributed by atoms with Gasteiger partial charge in [0.25, 0.3) is 11.8 Å². The molecule has 5 rings (SSSR count). The first kappa shape index (κ1) is 20.4. The lowest BCUT2D eigenvalue weighted by molar-refractivity contribution is -0.173. The highest BCUT2D eigenvalue weighted by Crippen LogP contribution is 2.56. The normalized spacial score (nSPS) is 29.4. The van der Waals surface area contributed by atoms with Crippen molar-refractivity contribution in [2.45, 2.75) is 25.7 Å². The summed E-state index contributed by atoms with van der Waals surface area (Å²) in [4.78, 5) is 51.3. The number of hydrogen-bond acceptors (Lipinski definition) is 7. The Bertz CT molecular complexity index is 1200. The lowest BCUT2D eigenvalue weighted by Gasteiger charge is -2.42. The number of hydroxylamine groups is 2. The number of phenolic OH excluding ortho intramolecular Hbond substituents is 1. The topological polar surface area (TPSA) is 121 Å². The maximum atomic E-state index is 13.2. The second-order valence-electron chi connectivity index (χ2n) is 8.64. The van der Waals surface area contributed by atoms with Crippen molar-refractivity contribution in [3.63, 3.8) is 0 Å². The van der Waals surface area contributed by atoms with Crippen LogP contribution in [0.25, 0.3) is 0 Å². The molecule has 2 amide bonds. The molecule has 8 heteroatoms. The highest BCUT2D eigenvalue weighted by molar-refractivity contribution is 6.23. The van der Waals surface area contributed by atoms with Gasteiger partial charge in [-0.3, -0.25) is 24.4 Å². The Hall–Kier alpha value is -3.52. The van der Waals surface area contributed by atoms with Gasteiger partial charge in [-0.05, 0) is 50.0 Å². The van der Waals surface area contributed by atoms with E-state index in [1.807, 2.05) is 6.08 Å². The Balaban J connectivity index is 1.74. The van der Waals surface area contributed by atoms with E-state index in [1.165, 1.54) is 19.3 Å². The Morgan fingerprint density at radius 2 is 1.84 bits per heavy atom. The molecule has 8 nitrogen and oxygen atoms in total. The van der Waals surface area contributed by atoms with Crippen molar-refractivity contribution in [2.24, 2.45) is 17.8 Å². The number of methoxy groups -OCH3 is 1. The van der Waals surface area contributed by atoms with Crippen LogP contribution < -0.4 is 4.74 Å². The van der Waals surface area contributed by atoms with Crippen LogP contribution in [0.2, 0.25) is 0 Å². The van der Waals surface area contributed by atoms with Gasteiger partial charge in [0.15, 0.2) is 11.6 Å². The Kier molecular flexibility index (Phi) is 4.46. The third-order valence-corrected chi connectivity index (χ3v) is 7.09. The molecular formula is C24H21NO7. The summed E-state index contributed by atoms with van der Waals surface area (Å²) in [6.07, 6.45) is 3.44. The first-order valence-electron chi connectivity index (χ1n) is 10.4. The van der Waals surface area contributed by atoms with Gasteiger partial charge in [0.1, 0.15) is 11.5 Å². The highest BCUT2D eigenvalue weighted by atomic mass is 16.5. The molecule has 1 saturated heterocycles. The van der Waals surface area contributed by atoms with Crippen LogP contribution in [0.1, 0.15) is 31.2 Å². The molecule has 164 valence electrons. The number of fused-ring (bicyclic) bond motifs is 3. The van der Waals surface area contributed by atoms with Crippen molar-refractivity contribution in [1.29, 1.82) is 0 Å². The third-order valence-electron chi connectivity index (χ3n) is 7.09. The van der Waals surface area contributed by atoms with Gasteiger partial charge in [-0.1, -0.05) is 11.6 Å². The van der Waals surface area contributed by atoms with Gasteiger partial charge >= 0.3 is 0 Å². The number of carbonyl (C=O) groups is 4. The zero-order chi connectivity index (χ0) is 22.9. The number of imide groups is 1. The number of ketones is 2.